The van der Waals surface area contributed by atoms with Crippen LogP contribution in [0.2, 0.25) is 0 Å². The highest BCUT2D eigenvalue weighted by Gasteiger charge is 2.04. The zero-order valence-electron chi connectivity index (χ0n) is 11.8. The quantitative estimate of drug-likeness (QED) is 0.658. The minimum atomic E-state index is -0.0333. The maximum atomic E-state index is 11.6. The van der Waals surface area contributed by atoms with Crippen molar-refractivity contribution in [2.45, 2.75) is 20.8 Å². The van der Waals surface area contributed by atoms with E-state index in [0.29, 0.717) is 30.5 Å². The van der Waals surface area contributed by atoms with Crippen molar-refractivity contribution in [2.75, 3.05) is 30.7 Å². The smallest absolute Gasteiger partial charge is 0.239 e. The molecule has 1 aromatic rings. The SMILES string of the molecule is CCOc1cc(N)cc(NCC(=O)NCC(C)C)c1. The van der Waals surface area contributed by atoms with Crippen LogP contribution in [0.5, 0.6) is 5.75 Å². The number of carbonyl (C=O) groups is 1. The second-order valence-corrected chi connectivity index (χ2v) is 4.78. The van der Waals surface area contributed by atoms with Crippen LogP contribution in [0.1, 0.15) is 20.8 Å². The largest absolute Gasteiger partial charge is 0.494 e. The molecule has 1 rings (SSSR count). The molecule has 1 amide bonds. The second kappa shape index (κ2) is 7.51. The van der Waals surface area contributed by atoms with E-state index in [0.717, 1.165) is 5.69 Å². The number of hydrogen-bond donors (Lipinski definition) is 3. The van der Waals surface area contributed by atoms with Crippen molar-refractivity contribution < 1.29 is 9.53 Å². The molecule has 106 valence electrons. The predicted octanol–water partition coefficient (Wildman–Crippen LogP) is 1.85. The molecular weight excluding hydrogens is 242 g/mol. The fraction of sp³-hybridized carbons (Fsp3) is 0.500. The first-order valence-corrected chi connectivity index (χ1v) is 6.55. The van der Waals surface area contributed by atoms with Crippen molar-refractivity contribution in [3.8, 4) is 5.75 Å². The molecule has 19 heavy (non-hydrogen) atoms. The third kappa shape index (κ3) is 5.99. The average Bonchev–Trinajstić information content (AvgIpc) is 2.33. The lowest BCUT2D eigenvalue weighted by Gasteiger charge is -2.11. The van der Waals surface area contributed by atoms with Gasteiger partial charge in [-0.3, -0.25) is 4.79 Å². The van der Waals surface area contributed by atoms with Crippen LogP contribution < -0.4 is 21.1 Å². The number of hydrogen-bond acceptors (Lipinski definition) is 4. The van der Waals surface area contributed by atoms with E-state index in [1.54, 1.807) is 12.1 Å². The highest BCUT2D eigenvalue weighted by molar-refractivity contribution is 5.81. The van der Waals surface area contributed by atoms with Gasteiger partial charge in [0.1, 0.15) is 5.75 Å². The summed E-state index contributed by atoms with van der Waals surface area (Å²) in [5.41, 5.74) is 7.16. The van der Waals surface area contributed by atoms with Gasteiger partial charge in [-0.2, -0.15) is 0 Å². The maximum Gasteiger partial charge on any atom is 0.239 e. The molecular formula is C14H23N3O2. The summed E-state index contributed by atoms with van der Waals surface area (Å²) in [6, 6.07) is 5.36. The Labute approximate surface area is 114 Å². The summed E-state index contributed by atoms with van der Waals surface area (Å²) >= 11 is 0. The van der Waals surface area contributed by atoms with E-state index >= 15 is 0 Å². The number of carbonyl (C=O) groups excluding carboxylic acids is 1. The van der Waals surface area contributed by atoms with E-state index in [9.17, 15) is 4.79 Å². The molecule has 0 saturated heterocycles. The monoisotopic (exact) mass is 265 g/mol. The molecule has 0 spiro atoms. The minimum absolute atomic E-state index is 0.0333. The Morgan fingerprint density at radius 1 is 1.37 bits per heavy atom. The molecule has 0 bridgehead atoms. The summed E-state index contributed by atoms with van der Waals surface area (Å²) in [6.07, 6.45) is 0. The fourth-order valence-corrected chi connectivity index (χ4v) is 1.54. The van der Waals surface area contributed by atoms with Crippen LogP contribution in [-0.4, -0.2) is 25.6 Å². The van der Waals surface area contributed by atoms with Crippen LogP contribution in [0.25, 0.3) is 0 Å². The van der Waals surface area contributed by atoms with Gasteiger partial charge in [0, 0.05) is 30.1 Å². The number of rotatable bonds is 7. The van der Waals surface area contributed by atoms with E-state index in [2.05, 4.69) is 24.5 Å². The van der Waals surface area contributed by atoms with Crippen molar-refractivity contribution in [1.82, 2.24) is 5.32 Å². The first-order valence-electron chi connectivity index (χ1n) is 6.55. The molecule has 0 atom stereocenters. The van der Waals surface area contributed by atoms with E-state index in [-0.39, 0.29) is 12.5 Å². The number of ether oxygens (including phenoxy) is 1. The topological polar surface area (TPSA) is 76.4 Å². The number of anilines is 2. The van der Waals surface area contributed by atoms with E-state index in [1.807, 2.05) is 13.0 Å². The minimum Gasteiger partial charge on any atom is -0.494 e. The molecule has 0 fully saturated rings. The molecule has 1 aromatic carbocycles. The molecule has 0 aliphatic rings. The Morgan fingerprint density at radius 3 is 2.74 bits per heavy atom. The number of nitrogens with one attached hydrogen (secondary N) is 2. The third-order valence-corrected chi connectivity index (χ3v) is 2.40. The van der Waals surface area contributed by atoms with Gasteiger partial charge in [0.05, 0.1) is 13.2 Å². The van der Waals surface area contributed by atoms with E-state index < -0.39 is 0 Å². The van der Waals surface area contributed by atoms with Crippen LogP contribution in [0.3, 0.4) is 0 Å². The van der Waals surface area contributed by atoms with Gasteiger partial charge in [-0.05, 0) is 18.9 Å². The van der Waals surface area contributed by atoms with Crippen molar-refractivity contribution in [3.63, 3.8) is 0 Å². The molecule has 4 N–H and O–H groups in total. The van der Waals surface area contributed by atoms with Gasteiger partial charge in [-0.25, -0.2) is 0 Å². The van der Waals surface area contributed by atoms with Crippen LogP contribution in [0.4, 0.5) is 11.4 Å². The van der Waals surface area contributed by atoms with Crippen LogP contribution >= 0.6 is 0 Å². The van der Waals surface area contributed by atoms with Crippen molar-refractivity contribution in [3.05, 3.63) is 18.2 Å². The number of benzene rings is 1. The normalized spacial score (nSPS) is 10.3. The molecule has 0 heterocycles. The molecule has 5 nitrogen and oxygen atoms in total. The number of amides is 1. The Balaban J connectivity index is 2.50. The Morgan fingerprint density at radius 2 is 2.11 bits per heavy atom. The summed E-state index contributed by atoms with van der Waals surface area (Å²) in [5, 5.41) is 5.88. The van der Waals surface area contributed by atoms with Gasteiger partial charge in [-0.1, -0.05) is 13.8 Å². The van der Waals surface area contributed by atoms with Gasteiger partial charge in [0.15, 0.2) is 0 Å². The van der Waals surface area contributed by atoms with Crippen molar-refractivity contribution in [2.24, 2.45) is 5.92 Å². The zero-order valence-corrected chi connectivity index (χ0v) is 11.8. The Bertz CT molecular complexity index is 419. The highest BCUT2D eigenvalue weighted by Crippen LogP contribution is 2.22. The molecule has 0 aliphatic carbocycles. The fourth-order valence-electron chi connectivity index (χ4n) is 1.54. The van der Waals surface area contributed by atoms with Gasteiger partial charge in [0.25, 0.3) is 0 Å². The van der Waals surface area contributed by atoms with Gasteiger partial charge in [0.2, 0.25) is 5.91 Å². The molecule has 5 heteroatoms. The van der Waals surface area contributed by atoms with Crippen LogP contribution in [0.15, 0.2) is 18.2 Å². The standard InChI is InChI=1S/C14H23N3O2/c1-4-19-13-6-11(15)5-12(7-13)16-9-14(18)17-8-10(2)3/h5-7,10,16H,4,8-9,15H2,1-3H3,(H,17,18). The highest BCUT2D eigenvalue weighted by atomic mass is 16.5. The predicted molar refractivity (Wildman–Crippen MR) is 78.4 cm³/mol. The first-order chi connectivity index (χ1) is 9.01. The summed E-state index contributed by atoms with van der Waals surface area (Å²) in [4.78, 5) is 11.6. The average molecular weight is 265 g/mol. The van der Waals surface area contributed by atoms with Gasteiger partial charge in [-0.15, -0.1) is 0 Å². The molecule has 0 unspecified atom stereocenters. The molecule has 0 aromatic heterocycles. The Kier molecular flexibility index (Phi) is 5.99. The number of nitrogen functional groups attached to an aromatic ring is 1. The Hall–Kier alpha value is -1.91. The first kappa shape index (κ1) is 15.1. The second-order valence-electron chi connectivity index (χ2n) is 4.78. The molecule has 0 aliphatic heterocycles. The lowest BCUT2D eigenvalue weighted by atomic mass is 10.2. The van der Waals surface area contributed by atoms with E-state index in [1.165, 1.54) is 0 Å². The lowest BCUT2D eigenvalue weighted by Crippen LogP contribution is -2.32. The summed E-state index contributed by atoms with van der Waals surface area (Å²) in [7, 11) is 0. The summed E-state index contributed by atoms with van der Waals surface area (Å²) in [6.45, 7) is 7.51. The van der Waals surface area contributed by atoms with Gasteiger partial charge < -0.3 is 21.1 Å². The summed E-state index contributed by atoms with van der Waals surface area (Å²) in [5.74, 6) is 1.11. The van der Waals surface area contributed by atoms with Crippen molar-refractivity contribution >= 4 is 17.3 Å². The zero-order chi connectivity index (χ0) is 14.3. The van der Waals surface area contributed by atoms with Crippen LogP contribution in [0, 0.1) is 5.92 Å². The van der Waals surface area contributed by atoms with E-state index in [4.69, 9.17) is 10.5 Å². The molecule has 0 radical (unpaired) electrons. The van der Waals surface area contributed by atoms with Crippen LogP contribution in [-0.2, 0) is 4.79 Å². The van der Waals surface area contributed by atoms with Crippen molar-refractivity contribution in [1.29, 1.82) is 0 Å². The van der Waals surface area contributed by atoms with Gasteiger partial charge >= 0.3 is 0 Å². The summed E-state index contributed by atoms with van der Waals surface area (Å²) < 4.78 is 5.39. The maximum absolute atomic E-state index is 11.6. The molecule has 0 saturated carbocycles. The third-order valence-electron chi connectivity index (χ3n) is 2.40. The number of nitrogens with two attached hydrogens (primary N) is 1. The lowest BCUT2D eigenvalue weighted by molar-refractivity contribution is -0.119.